The number of anilines is 2. The lowest BCUT2D eigenvalue weighted by Crippen LogP contribution is -2.59. The average Bonchev–Trinajstić information content (AvgIpc) is 3.10. The highest BCUT2D eigenvalue weighted by Gasteiger charge is 2.37. The minimum absolute atomic E-state index is 0.0350. The number of quaternary nitrogens is 1. The molecular weight excluding hydrogens is 444 g/mol. The molecule has 0 unspecified atom stereocenters. The molecule has 2 aliphatic rings. The van der Waals surface area contributed by atoms with Gasteiger partial charge in [-0.2, -0.15) is 0 Å². The highest BCUT2D eigenvalue weighted by atomic mass is 32.1. The number of ether oxygens (including phenoxy) is 1. The van der Waals surface area contributed by atoms with Crippen molar-refractivity contribution in [1.82, 2.24) is 4.90 Å². The van der Waals surface area contributed by atoms with Gasteiger partial charge in [0, 0.05) is 4.88 Å². The van der Waals surface area contributed by atoms with Gasteiger partial charge in [-0.15, -0.1) is 11.3 Å². The molecule has 3 heterocycles. The van der Waals surface area contributed by atoms with Crippen molar-refractivity contribution in [3.8, 4) is 0 Å². The third-order valence-electron chi connectivity index (χ3n) is 7.20. The van der Waals surface area contributed by atoms with Crippen LogP contribution in [-0.4, -0.2) is 61.1 Å². The second kappa shape index (κ2) is 10.1. The number of aryl methyl sites for hydroxylation is 1. The standard InChI is InChI=1S/C27H39N4O2S/c1-6-12-27(4,13-7-2)26(32)33-19-31(5)16-14-30(15-17-31)24-21-18-20(3)34-25(21)29-23-11-9-8-10-22(23)28-24/h8-11,18,29H,6-7,12-17,19H2,1-5H3/q+1. The maximum Gasteiger partial charge on any atom is 0.316 e. The Hall–Kier alpha value is -2.38. The fourth-order valence-corrected chi connectivity index (χ4v) is 6.02. The zero-order chi connectivity index (χ0) is 24.3. The number of likely N-dealkylation sites (N-methyl/N-ethyl adjacent to an activating group) is 1. The van der Waals surface area contributed by atoms with Crippen molar-refractivity contribution in [2.75, 3.05) is 45.3 Å². The monoisotopic (exact) mass is 483 g/mol. The molecular formula is C27H39N4O2S+. The molecule has 0 radical (unpaired) electrons. The number of carbonyl (C=O) groups is 1. The summed E-state index contributed by atoms with van der Waals surface area (Å²) in [7, 11) is 2.20. The second-order valence-corrected chi connectivity index (χ2v) is 11.6. The summed E-state index contributed by atoms with van der Waals surface area (Å²) in [6.45, 7) is 12.5. The number of aliphatic imine (C=N–C) groups is 1. The lowest BCUT2D eigenvalue weighted by molar-refractivity contribution is -0.929. The van der Waals surface area contributed by atoms with Crippen molar-refractivity contribution in [3.05, 3.63) is 40.8 Å². The minimum Gasteiger partial charge on any atom is -0.415 e. The van der Waals surface area contributed by atoms with Crippen LogP contribution >= 0.6 is 11.3 Å². The van der Waals surface area contributed by atoms with Crippen LogP contribution in [0.25, 0.3) is 0 Å². The maximum absolute atomic E-state index is 13.0. The fourth-order valence-electron chi connectivity index (χ4n) is 5.10. The molecule has 0 amide bonds. The number of nitrogens with one attached hydrogen (secondary N) is 1. The Morgan fingerprint density at radius 1 is 1.21 bits per heavy atom. The van der Waals surface area contributed by atoms with Gasteiger partial charge in [-0.25, -0.2) is 4.99 Å². The van der Waals surface area contributed by atoms with Crippen LogP contribution in [0.3, 0.4) is 0 Å². The van der Waals surface area contributed by atoms with Crippen LogP contribution in [-0.2, 0) is 9.53 Å². The van der Waals surface area contributed by atoms with Crippen molar-refractivity contribution in [2.24, 2.45) is 10.4 Å². The fraction of sp³-hybridized carbons (Fsp3) is 0.556. The summed E-state index contributed by atoms with van der Waals surface area (Å²) < 4.78 is 6.68. The van der Waals surface area contributed by atoms with Gasteiger partial charge in [0.2, 0.25) is 6.73 Å². The first-order chi connectivity index (χ1) is 16.3. The van der Waals surface area contributed by atoms with E-state index in [0.29, 0.717) is 6.73 Å². The SMILES string of the molecule is CCCC(C)(CCC)C(=O)OC[N+]1(C)CCN(C2=Nc3ccccc3Nc3sc(C)cc32)CC1. The van der Waals surface area contributed by atoms with E-state index in [1.165, 1.54) is 10.4 Å². The van der Waals surface area contributed by atoms with Gasteiger partial charge in [0.15, 0.2) is 0 Å². The van der Waals surface area contributed by atoms with E-state index in [9.17, 15) is 4.79 Å². The molecule has 2 aliphatic heterocycles. The average molecular weight is 484 g/mol. The molecule has 0 bridgehead atoms. The Kier molecular flexibility index (Phi) is 7.33. The Morgan fingerprint density at radius 2 is 1.88 bits per heavy atom. The number of hydrogen-bond donors (Lipinski definition) is 1. The molecule has 1 N–H and O–H groups in total. The molecule has 6 nitrogen and oxygen atoms in total. The van der Waals surface area contributed by atoms with E-state index in [1.54, 1.807) is 11.3 Å². The third-order valence-corrected chi connectivity index (χ3v) is 8.16. The molecule has 0 saturated carbocycles. The molecule has 4 rings (SSSR count). The quantitative estimate of drug-likeness (QED) is 0.384. The molecule has 0 aliphatic carbocycles. The van der Waals surface area contributed by atoms with Gasteiger partial charge in [-0.05, 0) is 44.9 Å². The normalized spacial score (nSPS) is 17.2. The number of thiophene rings is 1. The van der Waals surface area contributed by atoms with Crippen LogP contribution in [0.1, 0.15) is 56.9 Å². The smallest absolute Gasteiger partial charge is 0.316 e. The highest BCUT2D eigenvalue weighted by molar-refractivity contribution is 7.16. The molecule has 7 heteroatoms. The lowest BCUT2D eigenvalue weighted by atomic mass is 9.81. The summed E-state index contributed by atoms with van der Waals surface area (Å²) in [5, 5.41) is 4.75. The van der Waals surface area contributed by atoms with Crippen molar-refractivity contribution in [2.45, 2.75) is 53.4 Å². The van der Waals surface area contributed by atoms with E-state index in [0.717, 1.165) is 78.6 Å². The molecule has 1 saturated heterocycles. The van der Waals surface area contributed by atoms with Crippen molar-refractivity contribution < 1.29 is 14.0 Å². The number of fused-ring (bicyclic) bond motifs is 2. The summed E-state index contributed by atoms with van der Waals surface area (Å²) in [5.74, 6) is 1.01. The number of rotatable bonds is 7. The predicted octanol–water partition coefficient (Wildman–Crippen LogP) is 6.06. The zero-order valence-corrected chi connectivity index (χ0v) is 22.1. The van der Waals surface area contributed by atoms with Crippen LogP contribution in [0.2, 0.25) is 0 Å². The molecule has 34 heavy (non-hydrogen) atoms. The van der Waals surface area contributed by atoms with Crippen LogP contribution in [0.15, 0.2) is 35.3 Å². The van der Waals surface area contributed by atoms with E-state index in [2.05, 4.69) is 63.2 Å². The molecule has 1 aromatic heterocycles. The Balaban J connectivity index is 1.46. The summed E-state index contributed by atoms with van der Waals surface area (Å²) in [6, 6.07) is 10.5. The molecule has 2 aromatic rings. The van der Waals surface area contributed by atoms with Crippen LogP contribution in [0.5, 0.6) is 0 Å². The van der Waals surface area contributed by atoms with E-state index >= 15 is 0 Å². The van der Waals surface area contributed by atoms with Gasteiger partial charge in [0.1, 0.15) is 10.8 Å². The van der Waals surface area contributed by atoms with Crippen LogP contribution in [0.4, 0.5) is 16.4 Å². The summed E-state index contributed by atoms with van der Waals surface area (Å²) in [4.78, 5) is 21.7. The van der Waals surface area contributed by atoms with Gasteiger partial charge in [0.05, 0.1) is 55.6 Å². The third kappa shape index (κ3) is 5.15. The van der Waals surface area contributed by atoms with Gasteiger partial charge >= 0.3 is 5.97 Å². The second-order valence-electron chi connectivity index (χ2n) is 10.4. The van der Waals surface area contributed by atoms with Gasteiger partial charge in [-0.1, -0.05) is 38.8 Å². The number of amidine groups is 1. The molecule has 184 valence electrons. The van der Waals surface area contributed by atoms with E-state index in [-0.39, 0.29) is 11.4 Å². The topological polar surface area (TPSA) is 53.9 Å². The van der Waals surface area contributed by atoms with E-state index in [4.69, 9.17) is 9.73 Å². The molecule has 1 aromatic carbocycles. The number of esters is 1. The first-order valence-electron chi connectivity index (χ1n) is 12.6. The van der Waals surface area contributed by atoms with E-state index < -0.39 is 0 Å². The van der Waals surface area contributed by atoms with Gasteiger partial charge < -0.3 is 15.0 Å². The summed E-state index contributed by atoms with van der Waals surface area (Å²) in [6.07, 6.45) is 3.76. The van der Waals surface area contributed by atoms with Crippen LogP contribution in [0, 0.1) is 12.3 Å². The highest BCUT2D eigenvalue weighted by Crippen LogP contribution is 2.39. The van der Waals surface area contributed by atoms with Crippen molar-refractivity contribution in [3.63, 3.8) is 0 Å². The Labute approximate surface area is 208 Å². The Bertz CT molecular complexity index is 1050. The predicted molar refractivity (Wildman–Crippen MR) is 141 cm³/mol. The largest absolute Gasteiger partial charge is 0.415 e. The summed E-state index contributed by atoms with van der Waals surface area (Å²) >= 11 is 1.78. The number of hydrogen-bond acceptors (Lipinski definition) is 6. The molecule has 0 spiro atoms. The number of carbonyl (C=O) groups excluding carboxylic acids is 1. The lowest BCUT2D eigenvalue weighted by Gasteiger charge is -2.42. The van der Waals surface area contributed by atoms with Gasteiger partial charge in [0.25, 0.3) is 0 Å². The maximum atomic E-state index is 13.0. The Morgan fingerprint density at radius 3 is 2.56 bits per heavy atom. The van der Waals surface area contributed by atoms with Crippen molar-refractivity contribution in [1.29, 1.82) is 0 Å². The minimum atomic E-state index is -0.368. The number of piperazine rings is 1. The first-order valence-corrected chi connectivity index (χ1v) is 13.4. The zero-order valence-electron chi connectivity index (χ0n) is 21.3. The van der Waals surface area contributed by atoms with Crippen LogP contribution < -0.4 is 5.32 Å². The number of nitrogens with zero attached hydrogens (tertiary/aromatic N) is 3. The molecule has 0 atom stereocenters. The van der Waals surface area contributed by atoms with Gasteiger partial charge in [-0.3, -0.25) is 9.28 Å². The number of benzene rings is 1. The summed E-state index contributed by atoms with van der Waals surface area (Å²) in [5.41, 5.74) is 2.83. The first kappa shape index (κ1) is 24.7. The number of para-hydroxylation sites is 2. The van der Waals surface area contributed by atoms with E-state index in [1.807, 2.05) is 12.1 Å². The van der Waals surface area contributed by atoms with Crippen molar-refractivity contribution >= 4 is 39.5 Å². The molecule has 1 fully saturated rings.